The maximum Gasteiger partial charge on any atom is 0.338 e. The lowest BCUT2D eigenvalue weighted by Crippen LogP contribution is -2.29. The van der Waals surface area contributed by atoms with Gasteiger partial charge in [0.25, 0.3) is 11.8 Å². The molecular formula is C31H27N3O6S. The molecule has 2 aliphatic heterocycles. The molecule has 3 aromatic rings. The zero-order valence-electron chi connectivity index (χ0n) is 23.0. The smallest absolute Gasteiger partial charge is 0.338 e. The van der Waals surface area contributed by atoms with Crippen LogP contribution >= 0.6 is 11.8 Å². The van der Waals surface area contributed by atoms with E-state index < -0.39 is 17.8 Å². The minimum atomic E-state index is -0.467. The average Bonchev–Trinajstić information content (AvgIpc) is 3.40. The highest BCUT2D eigenvalue weighted by Crippen LogP contribution is 2.45. The minimum absolute atomic E-state index is 0.244. The zero-order chi connectivity index (χ0) is 29.3. The van der Waals surface area contributed by atoms with Gasteiger partial charge in [-0.2, -0.15) is 0 Å². The van der Waals surface area contributed by atoms with Gasteiger partial charge in [-0.1, -0.05) is 11.6 Å². The van der Waals surface area contributed by atoms with Gasteiger partial charge in [-0.15, -0.1) is 0 Å². The quantitative estimate of drug-likeness (QED) is 0.285. The van der Waals surface area contributed by atoms with Crippen molar-refractivity contribution in [3.63, 3.8) is 0 Å². The third-order valence-electron chi connectivity index (χ3n) is 6.55. The maximum absolute atomic E-state index is 14.0. The van der Waals surface area contributed by atoms with E-state index in [1.807, 2.05) is 25.1 Å². The first-order valence-corrected chi connectivity index (χ1v) is 13.8. The molecule has 1 saturated heterocycles. The molecule has 2 amide bonds. The first-order valence-electron chi connectivity index (χ1n) is 13.0. The highest BCUT2D eigenvalue weighted by atomic mass is 32.2. The number of aliphatic imine (C=N–C) groups is 1. The van der Waals surface area contributed by atoms with Gasteiger partial charge in [0, 0.05) is 12.6 Å². The van der Waals surface area contributed by atoms with Gasteiger partial charge in [0.2, 0.25) is 0 Å². The Morgan fingerprint density at radius 3 is 2.00 bits per heavy atom. The summed E-state index contributed by atoms with van der Waals surface area (Å²) < 4.78 is 10.1. The largest absolute Gasteiger partial charge is 0.462 e. The van der Waals surface area contributed by atoms with Crippen molar-refractivity contribution in [1.82, 2.24) is 0 Å². The normalized spacial score (nSPS) is 17.3. The SMILES string of the molecule is CCOC(=O)c1ccc(N=C2S/C(=C3\C(=O)N(C)c4ccc(C)cc43)C(=O)N2c2ccc(C(=O)OCC)cc2)cc1. The number of fused-ring (bicyclic) bond motifs is 1. The molecule has 9 nitrogen and oxygen atoms in total. The second-order valence-electron chi connectivity index (χ2n) is 9.26. The third-order valence-corrected chi connectivity index (χ3v) is 7.59. The lowest BCUT2D eigenvalue weighted by atomic mass is 10.0. The number of esters is 2. The van der Waals surface area contributed by atoms with Gasteiger partial charge >= 0.3 is 11.9 Å². The second-order valence-corrected chi connectivity index (χ2v) is 10.2. The fourth-order valence-electron chi connectivity index (χ4n) is 4.54. The monoisotopic (exact) mass is 569 g/mol. The Hall–Kier alpha value is -4.70. The van der Waals surface area contributed by atoms with E-state index in [1.54, 1.807) is 69.4 Å². The van der Waals surface area contributed by atoms with Gasteiger partial charge in [0.15, 0.2) is 5.17 Å². The van der Waals surface area contributed by atoms with Crippen LogP contribution in [0.2, 0.25) is 0 Å². The summed E-state index contributed by atoms with van der Waals surface area (Å²) in [7, 11) is 1.68. The van der Waals surface area contributed by atoms with E-state index in [2.05, 4.69) is 0 Å². The van der Waals surface area contributed by atoms with Crippen molar-refractivity contribution in [2.45, 2.75) is 20.8 Å². The van der Waals surface area contributed by atoms with Crippen LogP contribution in [-0.2, 0) is 19.1 Å². The molecule has 1 fully saturated rings. The van der Waals surface area contributed by atoms with Crippen molar-refractivity contribution in [3.05, 3.63) is 93.9 Å². The van der Waals surface area contributed by atoms with Gasteiger partial charge in [-0.3, -0.25) is 14.5 Å². The molecule has 2 aliphatic rings. The molecule has 0 aromatic heterocycles. The van der Waals surface area contributed by atoms with E-state index in [0.29, 0.717) is 38.8 Å². The molecule has 0 bridgehead atoms. The summed E-state index contributed by atoms with van der Waals surface area (Å²) in [5.41, 5.74) is 4.38. The highest BCUT2D eigenvalue weighted by molar-refractivity contribution is 8.19. The van der Waals surface area contributed by atoms with Crippen molar-refractivity contribution < 1.29 is 28.7 Å². The van der Waals surface area contributed by atoms with E-state index in [0.717, 1.165) is 23.0 Å². The number of aryl methyl sites for hydroxylation is 1. The Balaban J connectivity index is 1.60. The van der Waals surface area contributed by atoms with Crippen molar-refractivity contribution in [3.8, 4) is 0 Å². The summed E-state index contributed by atoms with van der Waals surface area (Å²) in [6.45, 7) is 5.90. The fourth-order valence-corrected chi connectivity index (χ4v) is 5.63. The van der Waals surface area contributed by atoms with Crippen LogP contribution in [0.4, 0.5) is 17.1 Å². The van der Waals surface area contributed by atoms with Crippen molar-refractivity contribution in [1.29, 1.82) is 0 Å². The molecule has 208 valence electrons. The van der Waals surface area contributed by atoms with Gasteiger partial charge in [-0.05, 0) is 93.2 Å². The van der Waals surface area contributed by atoms with Crippen LogP contribution in [0.5, 0.6) is 0 Å². The molecular weight excluding hydrogens is 542 g/mol. The molecule has 0 spiro atoms. The molecule has 5 rings (SSSR count). The van der Waals surface area contributed by atoms with Crippen LogP contribution < -0.4 is 9.80 Å². The second kappa shape index (κ2) is 11.4. The number of nitrogens with zero attached hydrogens (tertiary/aromatic N) is 3. The highest BCUT2D eigenvalue weighted by Gasteiger charge is 2.42. The summed E-state index contributed by atoms with van der Waals surface area (Å²) in [4.78, 5) is 59.6. The number of benzene rings is 3. The first-order chi connectivity index (χ1) is 19.7. The fraction of sp³-hybridized carbons (Fsp3) is 0.194. The van der Waals surface area contributed by atoms with E-state index in [-0.39, 0.29) is 24.0 Å². The van der Waals surface area contributed by atoms with E-state index in [4.69, 9.17) is 14.5 Å². The van der Waals surface area contributed by atoms with Crippen LogP contribution in [0.25, 0.3) is 5.57 Å². The summed E-state index contributed by atoms with van der Waals surface area (Å²) in [5, 5.41) is 0.321. The number of carbonyl (C=O) groups excluding carboxylic acids is 4. The number of thioether (sulfide) groups is 1. The first kappa shape index (κ1) is 27.9. The number of amides is 2. The standard InChI is InChI=1S/C31H27N3O6S/c1-5-39-29(37)19-8-12-21(13-9-19)32-31-34(22-14-10-20(11-15-22)30(38)40-6-2)28(36)26(41-31)25-23-17-18(3)7-16-24(23)33(4)27(25)35/h7-17H,5-6H2,1-4H3/b26-25-,32-31?. The Morgan fingerprint density at radius 2 is 1.41 bits per heavy atom. The van der Waals surface area contributed by atoms with Gasteiger partial charge < -0.3 is 14.4 Å². The van der Waals surface area contributed by atoms with E-state index in [9.17, 15) is 19.2 Å². The predicted molar refractivity (Wildman–Crippen MR) is 158 cm³/mol. The Bertz CT molecular complexity index is 1630. The summed E-state index contributed by atoms with van der Waals surface area (Å²) >= 11 is 1.10. The summed E-state index contributed by atoms with van der Waals surface area (Å²) in [5.74, 6) is -1.60. The number of anilines is 2. The molecule has 0 radical (unpaired) electrons. The number of amidine groups is 1. The molecule has 0 N–H and O–H groups in total. The molecule has 41 heavy (non-hydrogen) atoms. The topological polar surface area (TPSA) is 106 Å². The van der Waals surface area contributed by atoms with Gasteiger partial charge in [0.1, 0.15) is 0 Å². The van der Waals surface area contributed by atoms with E-state index in [1.165, 1.54) is 9.80 Å². The lowest BCUT2D eigenvalue weighted by molar-refractivity contribution is -0.115. The number of likely N-dealkylation sites (N-methyl/N-ethyl adjacent to an activating group) is 1. The predicted octanol–water partition coefficient (Wildman–Crippen LogP) is 5.50. The lowest BCUT2D eigenvalue weighted by Gasteiger charge is -2.16. The van der Waals surface area contributed by atoms with Gasteiger partial charge in [0.05, 0.1) is 51.9 Å². The number of carbonyl (C=O) groups is 4. The van der Waals surface area contributed by atoms with Crippen LogP contribution in [0, 0.1) is 6.92 Å². The van der Waals surface area contributed by atoms with Crippen molar-refractivity contribution >= 4 is 63.3 Å². The molecule has 0 aliphatic carbocycles. The number of ether oxygens (including phenoxy) is 2. The van der Waals surface area contributed by atoms with Gasteiger partial charge in [-0.25, -0.2) is 14.6 Å². The maximum atomic E-state index is 14.0. The molecule has 3 aromatic carbocycles. The number of hydrogen-bond acceptors (Lipinski definition) is 8. The van der Waals surface area contributed by atoms with Crippen molar-refractivity contribution in [2.24, 2.45) is 4.99 Å². The molecule has 2 heterocycles. The minimum Gasteiger partial charge on any atom is -0.462 e. The number of rotatable bonds is 6. The average molecular weight is 570 g/mol. The molecule has 0 atom stereocenters. The van der Waals surface area contributed by atoms with Crippen molar-refractivity contribution in [2.75, 3.05) is 30.1 Å². The zero-order valence-corrected chi connectivity index (χ0v) is 23.8. The van der Waals surface area contributed by atoms with Crippen LogP contribution in [0.1, 0.15) is 45.7 Å². The Labute approximate surface area is 241 Å². The molecule has 0 saturated carbocycles. The summed E-state index contributed by atoms with van der Waals surface area (Å²) in [6.07, 6.45) is 0. The molecule has 10 heteroatoms. The van der Waals surface area contributed by atoms with E-state index >= 15 is 0 Å². The van der Waals surface area contributed by atoms with Crippen LogP contribution in [0.15, 0.2) is 76.6 Å². The third kappa shape index (κ3) is 5.26. The summed E-state index contributed by atoms with van der Waals surface area (Å²) in [6, 6.07) is 18.6. The molecule has 0 unspecified atom stereocenters. The van der Waals surface area contributed by atoms with Crippen LogP contribution in [0.3, 0.4) is 0 Å². The van der Waals surface area contributed by atoms with Crippen LogP contribution in [-0.4, -0.2) is 49.2 Å². The number of hydrogen-bond donors (Lipinski definition) is 0. The Morgan fingerprint density at radius 1 is 0.829 bits per heavy atom. The Kier molecular flexibility index (Phi) is 7.76.